The van der Waals surface area contributed by atoms with E-state index in [1.54, 1.807) is 0 Å². The second-order valence-corrected chi connectivity index (χ2v) is 7.69. The Kier molecular flexibility index (Phi) is 4.48. The molecule has 0 aliphatic carbocycles. The Morgan fingerprint density at radius 1 is 1.10 bits per heavy atom. The number of rotatable bonds is 3. The molecule has 0 saturated carbocycles. The second-order valence-electron chi connectivity index (χ2n) is 7.69. The van der Waals surface area contributed by atoms with Crippen molar-refractivity contribution in [3.63, 3.8) is 0 Å². The summed E-state index contributed by atoms with van der Waals surface area (Å²) in [6.07, 6.45) is 0. The Hall–Kier alpha value is -0.900. The summed E-state index contributed by atoms with van der Waals surface area (Å²) in [4.78, 5) is 2.50. The zero-order chi connectivity index (χ0) is 15.8. The summed E-state index contributed by atoms with van der Waals surface area (Å²) in [6.45, 7) is 14.7. The topological polar surface area (TPSA) is 38.5 Å². The van der Waals surface area contributed by atoms with Crippen LogP contribution in [0, 0.1) is 6.92 Å². The summed E-state index contributed by atoms with van der Waals surface area (Å²) < 4.78 is 6.20. The number of aryl methyl sites for hydroxylation is 1. The molecule has 2 unspecified atom stereocenters. The first-order valence-electron chi connectivity index (χ1n) is 7.87. The molecule has 0 spiro atoms. The molecule has 2 rings (SSSR count). The molecule has 1 heterocycles. The molecule has 21 heavy (non-hydrogen) atoms. The van der Waals surface area contributed by atoms with Crippen molar-refractivity contribution in [3.8, 4) is 0 Å². The molecular weight excluding hydrogens is 260 g/mol. The number of hydrogen-bond donors (Lipinski definition) is 1. The van der Waals surface area contributed by atoms with E-state index in [-0.39, 0.29) is 23.3 Å². The van der Waals surface area contributed by atoms with Crippen LogP contribution in [0.25, 0.3) is 0 Å². The summed E-state index contributed by atoms with van der Waals surface area (Å²) in [5.41, 5.74) is 8.69. The zero-order valence-corrected chi connectivity index (χ0v) is 14.3. The van der Waals surface area contributed by atoms with E-state index in [0.717, 1.165) is 13.1 Å². The van der Waals surface area contributed by atoms with E-state index < -0.39 is 0 Å². The minimum Gasteiger partial charge on any atom is -0.367 e. The third-order valence-electron chi connectivity index (χ3n) is 4.12. The Labute approximate surface area is 129 Å². The van der Waals surface area contributed by atoms with Gasteiger partial charge in [0, 0.05) is 19.1 Å². The van der Waals surface area contributed by atoms with E-state index in [0.29, 0.717) is 0 Å². The van der Waals surface area contributed by atoms with Gasteiger partial charge in [-0.15, -0.1) is 0 Å². The predicted molar refractivity (Wildman–Crippen MR) is 88.4 cm³/mol. The highest BCUT2D eigenvalue weighted by atomic mass is 16.5. The van der Waals surface area contributed by atoms with E-state index >= 15 is 0 Å². The highest BCUT2D eigenvalue weighted by Crippen LogP contribution is 2.35. The number of nitrogens with two attached hydrogens (primary N) is 1. The summed E-state index contributed by atoms with van der Waals surface area (Å²) in [5, 5.41) is 0. The Bertz CT molecular complexity index is 478. The van der Waals surface area contributed by atoms with Gasteiger partial charge < -0.3 is 10.5 Å². The first-order chi connectivity index (χ1) is 9.61. The molecule has 0 radical (unpaired) electrons. The lowest BCUT2D eigenvalue weighted by Gasteiger charge is -2.50. The van der Waals surface area contributed by atoms with Gasteiger partial charge in [0.05, 0.1) is 17.2 Å². The van der Waals surface area contributed by atoms with Crippen LogP contribution in [-0.2, 0) is 4.74 Å². The minimum atomic E-state index is -0.155. The highest BCUT2D eigenvalue weighted by Gasteiger charge is 2.41. The van der Waals surface area contributed by atoms with Crippen LogP contribution >= 0.6 is 0 Å². The molecule has 1 saturated heterocycles. The van der Waals surface area contributed by atoms with Crippen molar-refractivity contribution in [2.75, 3.05) is 13.1 Å². The van der Waals surface area contributed by atoms with Gasteiger partial charge >= 0.3 is 0 Å². The SMILES string of the molecule is Cc1ccccc1C(C(C)N)N1CC(C)(C)OC(C)(C)C1. The maximum atomic E-state index is 6.36. The number of morpholine rings is 1. The Morgan fingerprint density at radius 2 is 1.62 bits per heavy atom. The second kappa shape index (κ2) is 5.71. The van der Waals surface area contributed by atoms with Gasteiger partial charge in [0.15, 0.2) is 0 Å². The Morgan fingerprint density at radius 3 is 2.10 bits per heavy atom. The quantitative estimate of drug-likeness (QED) is 0.928. The van der Waals surface area contributed by atoms with Crippen LogP contribution in [0.3, 0.4) is 0 Å². The molecule has 0 aromatic heterocycles. The van der Waals surface area contributed by atoms with Crippen molar-refractivity contribution in [2.24, 2.45) is 5.73 Å². The summed E-state index contributed by atoms with van der Waals surface area (Å²) in [7, 11) is 0. The van der Waals surface area contributed by atoms with Gasteiger partial charge in [-0.1, -0.05) is 24.3 Å². The molecule has 0 bridgehead atoms. The fraction of sp³-hybridized carbons (Fsp3) is 0.667. The fourth-order valence-electron chi connectivity index (χ4n) is 3.77. The standard InChI is InChI=1S/C18H30N2O/c1-13-9-7-8-10-15(13)16(14(2)19)20-11-17(3,4)21-18(5,6)12-20/h7-10,14,16H,11-12,19H2,1-6H3. The van der Waals surface area contributed by atoms with Crippen LogP contribution in [0.5, 0.6) is 0 Å². The van der Waals surface area contributed by atoms with Gasteiger partial charge in [-0.05, 0) is 52.7 Å². The molecule has 0 amide bonds. The lowest BCUT2D eigenvalue weighted by molar-refractivity contribution is -0.189. The first kappa shape index (κ1) is 16.5. The van der Waals surface area contributed by atoms with Crippen LogP contribution in [0.15, 0.2) is 24.3 Å². The molecule has 3 nitrogen and oxygen atoms in total. The first-order valence-corrected chi connectivity index (χ1v) is 7.87. The Balaban J connectivity index is 2.37. The third-order valence-corrected chi connectivity index (χ3v) is 4.12. The lowest BCUT2D eigenvalue weighted by atomic mass is 9.90. The molecule has 118 valence electrons. The smallest absolute Gasteiger partial charge is 0.0761 e. The predicted octanol–water partition coefficient (Wildman–Crippen LogP) is 3.27. The van der Waals surface area contributed by atoms with Crippen molar-refractivity contribution < 1.29 is 4.74 Å². The van der Waals surface area contributed by atoms with Crippen LogP contribution in [0.2, 0.25) is 0 Å². The van der Waals surface area contributed by atoms with E-state index in [1.807, 2.05) is 0 Å². The van der Waals surface area contributed by atoms with Crippen LogP contribution < -0.4 is 5.73 Å². The maximum Gasteiger partial charge on any atom is 0.0761 e. The van der Waals surface area contributed by atoms with E-state index in [2.05, 4.69) is 70.7 Å². The summed E-state index contributed by atoms with van der Waals surface area (Å²) in [5.74, 6) is 0. The van der Waals surface area contributed by atoms with Crippen LogP contribution in [0.1, 0.15) is 51.8 Å². The van der Waals surface area contributed by atoms with Gasteiger partial charge in [-0.25, -0.2) is 0 Å². The number of ether oxygens (including phenoxy) is 1. The van der Waals surface area contributed by atoms with Crippen molar-refractivity contribution in [1.29, 1.82) is 0 Å². The minimum absolute atomic E-state index is 0.0794. The molecule has 1 aliphatic rings. The third kappa shape index (κ3) is 3.85. The monoisotopic (exact) mass is 290 g/mol. The van der Waals surface area contributed by atoms with Crippen LogP contribution in [-0.4, -0.2) is 35.2 Å². The molecule has 3 heteroatoms. The largest absolute Gasteiger partial charge is 0.367 e. The lowest BCUT2D eigenvalue weighted by Crippen LogP contribution is -2.59. The average molecular weight is 290 g/mol. The van der Waals surface area contributed by atoms with Gasteiger partial charge in [0.1, 0.15) is 0 Å². The molecule has 1 aliphatic heterocycles. The van der Waals surface area contributed by atoms with Gasteiger partial charge in [0.25, 0.3) is 0 Å². The van der Waals surface area contributed by atoms with Crippen LogP contribution in [0.4, 0.5) is 0 Å². The summed E-state index contributed by atoms with van der Waals surface area (Å²) in [6, 6.07) is 8.88. The van der Waals surface area contributed by atoms with Gasteiger partial charge in [-0.3, -0.25) is 4.90 Å². The average Bonchev–Trinajstić information content (AvgIpc) is 2.27. The van der Waals surface area contributed by atoms with Gasteiger partial charge in [0.2, 0.25) is 0 Å². The van der Waals surface area contributed by atoms with E-state index in [1.165, 1.54) is 11.1 Å². The molecule has 1 fully saturated rings. The summed E-state index contributed by atoms with van der Waals surface area (Å²) >= 11 is 0. The molecule has 1 aromatic carbocycles. The molecule has 2 atom stereocenters. The number of hydrogen-bond acceptors (Lipinski definition) is 3. The molecular formula is C18H30N2O. The maximum absolute atomic E-state index is 6.36. The molecule has 2 N–H and O–H groups in total. The van der Waals surface area contributed by atoms with E-state index in [9.17, 15) is 0 Å². The highest BCUT2D eigenvalue weighted by molar-refractivity contribution is 5.30. The normalized spacial score (nSPS) is 24.5. The van der Waals surface area contributed by atoms with Crippen molar-refractivity contribution >= 4 is 0 Å². The van der Waals surface area contributed by atoms with Crippen molar-refractivity contribution in [2.45, 2.75) is 64.8 Å². The number of benzene rings is 1. The fourth-order valence-corrected chi connectivity index (χ4v) is 3.77. The molecule has 1 aromatic rings. The van der Waals surface area contributed by atoms with Gasteiger partial charge in [-0.2, -0.15) is 0 Å². The van der Waals surface area contributed by atoms with E-state index in [4.69, 9.17) is 10.5 Å². The number of nitrogens with zero attached hydrogens (tertiary/aromatic N) is 1. The van der Waals surface area contributed by atoms with Crippen molar-refractivity contribution in [1.82, 2.24) is 4.90 Å². The van der Waals surface area contributed by atoms with Crippen molar-refractivity contribution in [3.05, 3.63) is 35.4 Å². The zero-order valence-electron chi connectivity index (χ0n) is 14.3.